The predicted octanol–water partition coefficient (Wildman–Crippen LogP) is 1.39. The number of nitrogen functional groups attached to an aromatic ring is 1. The van der Waals surface area contributed by atoms with Gasteiger partial charge in [-0.15, -0.1) is 0 Å². The summed E-state index contributed by atoms with van der Waals surface area (Å²) in [7, 11) is 1.46. The SMILES string of the molecule is CN=c1nc(C(=O)NCc2ccc3c(c2)CN(C(C)=O)CC3)cc(C(=O)N[C@H]2CCc3c2ccc(C(=O)O)c3C)n1N. The quantitative estimate of drug-likeness (QED) is 0.324. The Labute approximate surface area is 242 Å². The first-order valence-electron chi connectivity index (χ1n) is 13.7. The standard InChI is InChI=1S/C30H33N7O5/c1-16-21-8-9-24(23(21)7-6-22(16)29(41)42)34-28(40)26-13-25(35-30(32-3)37(26)31)27(39)33-14-18-4-5-19-10-11-36(17(2)38)15-20(19)12-18/h4-7,12-13,24H,8-11,14-15,31H2,1-3H3,(H,33,39)(H,34,40)(H,41,42)/t24-/m0/s1. The van der Waals surface area contributed by atoms with Gasteiger partial charge in [0.15, 0.2) is 0 Å². The van der Waals surface area contributed by atoms with Gasteiger partial charge in [-0.2, -0.15) is 0 Å². The molecule has 12 heteroatoms. The normalized spacial score (nSPS) is 16.0. The molecule has 218 valence electrons. The van der Waals surface area contributed by atoms with Crippen LogP contribution in [-0.2, 0) is 30.7 Å². The van der Waals surface area contributed by atoms with E-state index in [9.17, 15) is 24.3 Å². The molecule has 1 aliphatic carbocycles. The van der Waals surface area contributed by atoms with Crippen molar-refractivity contribution >= 4 is 23.7 Å². The summed E-state index contributed by atoms with van der Waals surface area (Å²) in [5.41, 5.74) is 5.80. The molecule has 3 aromatic rings. The minimum atomic E-state index is -0.989. The molecule has 2 aliphatic rings. The van der Waals surface area contributed by atoms with Gasteiger partial charge in [-0.1, -0.05) is 24.3 Å². The van der Waals surface area contributed by atoms with Crippen molar-refractivity contribution in [3.05, 3.63) is 92.3 Å². The maximum Gasteiger partial charge on any atom is 0.335 e. The van der Waals surface area contributed by atoms with Crippen LogP contribution in [0.3, 0.4) is 0 Å². The van der Waals surface area contributed by atoms with Crippen molar-refractivity contribution in [2.75, 3.05) is 19.4 Å². The summed E-state index contributed by atoms with van der Waals surface area (Å²) >= 11 is 0. The minimum Gasteiger partial charge on any atom is -0.478 e. The molecule has 1 atom stereocenters. The number of carbonyl (C=O) groups is 4. The number of amides is 3. The van der Waals surface area contributed by atoms with Crippen LogP contribution in [-0.4, -0.2) is 56.9 Å². The summed E-state index contributed by atoms with van der Waals surface area (Å²) in [6.45, 7) is 4.78. The van der Waals surface area contributed by atoms with Gasteiger partial charge >= 0.3 is 5.97 Å². The molecule has 0 radical (unpaired) electrons. The van der Waals surface area contributed by atoms with Crippen LogP contribution in [0, 0.1) is 6.92 Å². The molecule has 2 aromatic carbocycles. The zero-order chi connectivity index (χ0) is 30.1. The van der Waals surface area contributed by atoms with Crippen LogP contribution in [0.5, 0.6) is 0 Å². The second kappa shape index (κ2) is 11.5. The molecule has 3 amide bonds. The zero-order valence-electron chi connectivity index (χ0n) is 23.7. The summed E-state index contributed by atoms with van der Waals surface area (Å²) < 4.78 is 1.03. The predicted molar refractivity (Wildman–Crippen MR) is 153 cm³/mol. The fraction of sp³-hybridized carbons (Fsp3) is 0.333. The van der Waals surface area contributed by atoms with Gasteiger partial charge in [0.25, 0.3) is 11.8 Å². The van der Waals surface area contributed by atoms with Gasteiger partial charge in [-0.05, 0) is 65.6 Å². The Morgan fingerprint density at radius 3 is 2.60 bits per heavy atom. The molecule has 5 N–H and O–H groups in total. The molecule has 0 fully saturated rings. The maximum atomic E-state index is 13.4. The maximum absolute atomic E-state index is 13.4. The van der Waals surface area contributed by atoms with Gasteiger partial charge in [0, 0.05) is 39.7 Å². The number of fused-ring (bicyclic) bond motifs is 2. The molecule has 1 aromatic heterocycles. The number of carboxylic acids is 1. The zero-order valence-corrected chi connectivity index (χ0v) is 23.7. The summed E-state index contributed by atoms with van der Waals surface area (Å²) in [6.07, 6.45) is 2.02. The second-order valence-electron chi connectivity index (χ2n) is 10.6. The number of carboxylic acid groups (broad SMARTS) is 1. The van der Waals surface area contributed by atoms with Crippen LogP contribution in [0.25, 0.3) is 0 Å². The molecule has 12 nitrogen and oxygen atoms in total. The summed E-state index contributed by atoms with van der Waals surface area (Å²) in [5.74, 6) is 4.18. The van der Waals surface area contributed by atoms with E-state index in [0.717, 1.165) is 33.4 Å². The molecule has 0 spiro atoms. The van der Waals surface area contributed by atoms with Crippen LogP contribution >= 0.6 is 0 Å². The van der Waals surface area contributed by atoms with E-state index >= 15 is 0 Å². The highest BCUT2D eigenvalue weighted by molar-refractivity contribution is 5.97. The van der Waals surface area contributed by atoms with E-state index in [1.165, 1.54) is 18.7 Å². The Bertz CT molecular complexity index is 1690. The fourth-order valence-electron chi connectivity index (χ4n) is 5.71. The molecule has 0 saturated carbocycles. The van der Waals surface area contributed by atoms with Gasteiger partial charge in [0.2, 0.25) is 11.5 Å². The van der Waals surface area contributed by atoms with Crippen LogP contribution in [0.15, 0.2) is 41.4 Å². The second-order valence-corrected chi connectivity index (χ2v) is 10.6. The fourth-order valence-corrected chi connectivity index (χ4v) is 5.71. The lowest BCUT2D eigenvalue weighted by atomic mass is 9.97. The summed E-state index contributed by atoms with van der Waals surface area (Å²) in [6, 6.07) is 10.2. The summed E-state index contributed by atoms with van der Waals surface area (Å²) in [5, 5.41) is 15.3. The molecular weight excluding hydrogens is 538 g/mol. The molecule has 0 bridgehead atoms. The van der Waals surface area contributed by atoms with Crippen molar-refractivity contribution in [2.45, 2.75) is 52.2 Å². The molecule has 5 rings (SSSR count). The highest BCUT2D eigenvalue weighted by atomic mass is 16.4. The monoisotopic (exact) mass is 571 g/mol. The van der Waals surface area contributed by atoms with Gasteiger partial charge in [-0.3, -0.25) is 19.4 Å². The molecular formula is C30H33N7O5. The van der Waals surface area contributed by atoms with E-state index < -0.39 is 17.8 Å². The number of hydrogen-bond donors (Lipinski definition) is 4. The van der Waals surface area contributed by atoms with Gasteiger partial charge < -0.3 is 26.5 Å². The number of nitrogens with two attached hydrogens (primary N) is 1. The first-order chi connectivity index (χ1) is 20.1. The van der Waals surface area contributed by atoms with E-state index in [2.05, 4.69) is 20.6 Å². The number of nitrogens with zero attached hydrogens (tertiary/aromatic N) is 4. The summed E-state index contributed by atoms with van der Waals surface area (Å²) in [4.78, 5) is 59.9. The van der Waals surface area contributed by atoms with E-state index in [1.807, 2.05) is 18.2 Å². The van der Waals surface area contributed by atoms with Gasteiger partial charge in [0.1, 0.15) is 11.4 Å². The lowest BCUT2D eigenvalue weighted by Crippen LogP contribution is -2.41. The highest BCUT2D eigenvalue weighted by Gasteiger charge is 2.29. The minimum absolute atomic E-state index is 0.000304. The first kappa shape index (κ1) is 28.5. The van der Waals surface area contributed by atoms with Crippen LogP contribution < -0.4 is 22.1 Å². The number of nitrogens with one attached hydrogen (secondary N) is 2. The third kappa shape index (κ3) is 5.47. The topological polar surface area (TPSA) is 172 Å². The van der Waals surface area contributed by atoms with Crippen molar-refractivity contribution in [3.63, 3.8) is 0 Å². The number of carbonyl (C=O) groups excluding carboxylic acids is 3. The largest absolute Gasteiger partial charge is 0.478 e. The average Bonchev–Trinajstić information content (AvgIpc) is 3.38. The third-order valence-corrected chi connectivity index (χ3v) is 8.04. The van der Waals surface area contributed by atoms with Crippen LogP contribution in [0.1, 0.15) is 84.1 Å². The van der Waals surface area contributed by atoms with Crippen molar-refractivity contribution < 1.29 is 24.3 Å². The lowest BCUT2D eigenvalue weighted by Gasteiger charge is -2.28. The smallest absolute Gasteiger partial charge is 0.335 e. The highest BCUT2D eigenvalue weighted by Crippen LogP contribution is 2.34. The molecule has 42 heavy (non-hydrogen) atoms. The Balaban J connectivity index is 1.32. The van der Waals surface area contributed by atoms with E-state index in [-0.39, 0.29) is 41.1 Å². The van der Waals surface area contributed by atoms with E-state index in [1.54, 1.807) is 30.9 Å². The molecule has 1 aliphatic heterocycles. The first-order valence-corrected chi connectivity index (χ1v) is 13.7. The van der Waals surface area contributed by atoms with Gasteiger partial charge in [0.05, 0.1) is 11.6 Å². The van der Waals surface area contributed by atoms with Crippen molar-refractivity contribution in [1.29, 1.82) is 0 Å². The number of hydrogen-bond acceptors (Lipinski definition) is 7. The van der Waals surface area contributed by atoms with E-state index in [0.29, 0.717) is 31.5 Å². The Morgan fingerprint density at radius 2 is 1.88 bits per heavy atom. The van der Waals surface area contributed by atoms with Crippen molar-refractivity contribution in [1.82, 2.24) is 25.2 Å². The average molecular weight is 572 g/mol. The Morgan fingerprint density at radius 1 is 1.10 bits per heavy atom. The van der Waals surface area contributed by atoms with Gasteiger partial charge in [-0.25, -0.2) is 14.5 Å². The van der Waals surface area contributed by atoms with E-state index in [4.69, 9.17) is 5.84 Å². The molecule has 2 heterocycles. The Kier molecular flexibility index (Phi) is 7.79. The Hall–Kier alpha value is -5.00. The number of aromatic carboxylic acids is 1. The molecule has 0 unspecified atom stereocenters. The lowest BCUT2D eigenvalue weighted by molar-refractivity contribution is -0.129. The number of rotatable bonds is 6. The van der Waals surface area contributed by atoms with Crippen molar-refractivity contribution in [2.24, 2.45) is 4.99 Å². The van der Waals surface area contributed by atoms with Crippen molar-refractivity contribution in [3.8, 4) is 0 Å². The molecule has 0 saturated heterocycles. The number of benzene rings is 2. The number of aromatic nitrogens is 2. The van der Waals surface area contributed by atoms with Crippen LogP contribution in [0.2, 0.25) is 0 Å². The van der Waals surface area contributed by atoms with Crippen LogP contribution in [0.4, 0.5) is 0 Å². The third-order valence-electron chi connectivity index (χ3n) is 8.04.